The summed E-state index contributed by atoms with van der Waals surface area (Å²) in [7, 11) is 0. The normalized spacial score (nSPS) is 15.9. The summed E-state index contributed by atoms with van der Waals surface area (Å²) in [6, 6.07) is 10.7. The van der Waals surface area contributed by atoms with Gasteiger partial charge in [-0.15, -0.1) is 11.3 Å². The number of fused-ring (bicyclic) bond motifs is 1. The molecule has 0 bridgehead atoms. The van der Waals surface area contributed by atoms with E-state index in [9.17, 15) is 4.79 Å². The minimum Gasteiger partial charge on any atom is -0.462 e. The number of carbonyl (C=O) groups excluding carboxylic acids is 1. The first kappa shape index (κ1) is 21.5. The van der Waals surface area contributed by atoms with Crippen molar-refractivity contribution in [3.63, 3.8) is 0 Å². The Balaban J connectivity index is 1.44. The van der Waals surface area contributed by atoms with Crippen LogP contribution >= 0.6 is 11.3 Å². The van der Waals surface area contributed by atoms with Crippen LogP contribution in [0.2, 0.25) is 0 Å². The summed E-state index contributed by atoms with van der Waals surface area (Å²) in [5.74, 6) is 1.18. The number of aromatic nitrogens is 2. The lowest BCUT2D eigenvalue weighted by Crippen LogP contribution is -2.47. The molecule has 1 atom stereocenters. The minimum atomic E-state index is -0.336. The van der Waals surface area contributed by atoms with Crippen molar-refractivity contribution < 1.29 is 9.53 Å². The maximum Gasteiger partial charge on any atom is 0.339 e. The summed E-state index contributed by atoms with van der Waals surface area (Å²) in [5, 5.41) is 2.55. The van der Waals surface area contributed by atoms with Gasteiger partial charge in [-0.2, -0.15) is 4.98 Å². The Morgan fingerprint density at radius 2 is 1.94 bits per heavy atom. The Kier molecular flexibility index (Phi) is 6.67. The van der Waals surface area contributed by atoms with Crippen LogP contribution in [0.1, 0.15) is 42.1 Å². The van der Waals surface area contributed by atoms with Crippen LogP contribution in [-0.2, 0) is 4.74 Å². The molecule has 3 aromatic rings. The van der Waals surface area contributed by atoms with Gasteiger partial charge in [-0.1, -0.05) is 37.3 Å². The van der Waals surface area contributed by atoms with Crippen molar-refractivity contribution in [2.45, 2.75) is 26.2 Å². The number of ether oxygens (including phenoxy) is 1. The maximum atomic E-state index is 12.4. The molecule has 31 heavy (non-hydrogen) atoms. The zero-order valence-electron chi connectivity index (χ0n) is 18.1. The molecule has 0 saturated carbocycles. The van der Waals surface area contributed by atoms with E-state index in [2.05, 4.69) is 57.0 Å². The van der Waals surface area contributed by atoms with Gasteiger partial charge in [-0.3, -0.25) is 4.90 Å². The Morgan fingerprint density at radius 1 is 1.19 bits per heavy atom. The Labute approximate surface area is 186 Å². The predicted octanol–water partition coefficient (Wildman–Crippen LogP) is 3.77. The topological polar surface area (TPSA) is 84.6 Å². The molecule has 7 nitrogen and oxygen atoms in total. The Hall–Kier alpha value is -2.71. The van der Waals surface area contributed by atoms with E-state index in [0.29, 0.717) is 18.1 Å². The molecule has 1 aliphatic rings. The highest BCUT2D eigenvalue weighted by Crippen LogP contribution is 2.33. The predicted molar refractivity (Wildman–Crippen MR) is 126 cm³/mol. The fourth-order valence-electron chi connectivity index (χ4n) is 4.04. The number of hydrogen-bond donors (Lipinski definition) is 1. The third-order valence-corrected chi connectivity index (χ3v) is 6.72. The van der Waals surface area contributed by atoms with Gasteiger partial charge in [0.15, 0.2) is 0 Å². The second-order valence-corrected chi connectivity index (χ2v) is 8.74. The van der Waals surface area contributed by atoms with Crippen LogP contribution in [0.5, 0.6) is 0 Å². The number of benzene rings is 1. The van der Waals surface area contributed by atoms with E-state index in [1.54, 1.807) is 12.3 Å². The van der Waals surface area contributed by atoms with E-state index in [4.69, 9.17) is 10.5 Å². The second-order valence-electron chi connectivity index (χ2n) is 7.88. The number of nitrogens with zero attached hydrogens (tertiary/aromatic N) is 4. The number of esters is 1. The monoisotopic (exact) mass is 439 g/mol. The molecule has 3 heterocycles. The van der Waals surface area contributed by atoms with Crippen LogP contribution in [0, 0.1) is 0 Å². The van der Waals surface area contributed by atoms with Gasteiger partial charge in [-0.25, -0.2) is 9.78 Å². The van der Waals surface area contributed by atoms with Gasteiger partial charge >= 0.3 is 5.97 Å². The number of nitrogen functional groups attached to an aromatic ring is 1. The first-order valence-corrected chi connectivity index (χ1v) is 11.7. The maximum absolute atomic E-state index is 12.4. The molecule has 0 radical (unpaired) electrons. The van der Waals surface area contributed by atoms with E-state index in [1.807, 2.05) is 0 Å². The molecule has 2 aromatic heterocycles. The first-order valence-electron chi connectivity index (χ1n) is 10.8. The molecule has 1 aromatic carbocycles. The lowest BCUT2D eigenvalue weighted by molar-refractivity contribution is 0.0529. The van der Waals surface area contributed by atoms with E-state index in [-0.39, 0.29) is 11.9 Å². The zero-order chi connectivity index (χ0) is 21.8. The number of carbonyl (C=O) groups is 1. The molecule has 0 amide bonds. The SMILES string of the molecule is CCOC(=O)c1csc2nc(N)nc(N3CCN(CCC(C)c4ccccc4)CC3)c12. The van der Waals surface area contributed by atoms with Crippen LogP contribution in [0.3, 0.4) is 0 Å². The third-order valence-electron chi connectivity index (χ3n) is 5.85. The second kappa shape index (κ2) is 9.62. The molecular formula is C23H29N5O2S. The molecule has 1 aliphatic heterocycles. The van der Waals surface area contributed by atoms with Gasteiger partial charge in [0.1, 0.15) is 10.6 Å². The van der Waals surface area contributed by atoms with Gasteiger partial charge < -0.3 is 15.4 Å². The van der Waals surface area contributed by atoms with Gasteiger partial charge in [0, 0.05) is 31.6 Å². The first-order chi connectivity index (χ1) is 15.1. The standard InChI is InChI=1S/C23H29N5O2S/c1-3-30-22(29)18-15-31-21-19(18)20(25-23(24)26-21)28-13-11-27(12-14-28)10-9-16(2)17-7-5-4-6-8-17/h4-8,15-16H,3,9-14H2,1-2H3,(H2,24,25,26). The summed E-state index contributed by atoms with van der Waals surface area (Å²) in [4.78, 5) is 26.7. The van der Waals surface area contributed by atoms with Gasteiger partial charge in [-0.05, 0) is 31.4 Å². The lowest BCUT2D eigenvalue weighted by atomic mass is 9.97. The zero-order valence-corrected chi connectivity index (χ0v) is 18.9. The summed E-state index contributed by atoms with van der Waals surface area (Å²) < 4.78 is 5.23. The molecule has 164 valence electrons. The van der Waals surface area contributed by atoms with Crippen molar-refractivity contribution in [3.8, 4) is 0 Å². The highest BCUT2D eigenvalue weighted by atomic mass is 32.1. The summed E-state index contributed by atoms with van der Waals surface area (Å²) in [6.45, 7) is 9.07. The van der Waals surface area contributed by atoms with Crippen molar-refractivity contribution in [1.82, 2.24) is 14.9 Å². The van der Waals surface area contributed by atoms with E-state index < -0.39 is 0 Å². The van der Waals surface area contributed by atoms with Crippen molar-refractivity contribution in [1.29, 1.82) is 0 Å². The van der Waals surface area contributed by atoms with Crippen molar-refractivity contribution >= 4 is 39.3 Å². The fourth-order valence-corrected chi connectivity index (χ4v) is 4.94. The molecule has 0 spiro atoms. The largest absolute Gasteiger partial charge is 0.462 e. The highest BCUT2D eigenvalue weighted by Gasteiger charge is 2.25. The van der Waals surface area contributed by atoms with Crippen LogP contribution in [0.4, 0.5) is 11.8 Å². The minimum absolute atomic E-state index is 0.235. The number of rotatable bonds is 7. The molecular weight excluding hydrogens is 410 g/mol. The average Bonchev–Trinajstić information content (AvgIpc) is 3.22. The summed E-state index contributed by atoms with van der Waals surface area (Å²) >= 11 is 1.40. The molecule has 1 fully saturated rings. The quantitative estimate of drug-likeness (QED) is 0.561. The smallest absolute Gasteiger partial charge is 0.339 e. The fraction of sp³-hybridized carbons (Fsp3) is 0.435. The van der Waals surface area contributed by atoms with Crippen molar-refractivity contribution in [2.75, 3.05) is 50.0 Å². The van der Waals surface area contributed by atoms with Crippen molar-refractivity contribution in [2.24, 2.45) is 0 Å². The molecule has 4 rings (SSSR count). The van der Waals surface area contributed by atoms with E-state index in [0.717, 1.165) is 55.2 Å². The average molecular weight is 440 g/mol. The Bertz CT molecular complexity index is 1030. The van der Waals surface area contributed by atoms with Gasteiger partial charge in [0.25, 0.3) is 0 Å². The van der Waals surface area contributed by atoms with E-state index in [1.165, 1.54) is 16.9 Å². The highest BCUT2D eigenvalue weighted by molar-refractivity contribution is 7.17. The number of nitrogens with two attached hydrogens (primary N) is 1. The molecule has 1 saturated heterocycles. The third kappa shape index (κ3) is 4.80. The van der Waals surface area contributed by atoms with Crippen LogP contribution < -0.4 is 10.6 Å². The van der Waals surface area contributed by atoms with Gasteiger partial charge in [0.2, 0.25) is 5.95 Å². The summed E-state index contributed by atoms with van der Waals surface area (Å²) in [5.41, 5.74) is 7.89. The van der Waals surface area contributed by atoms with Crippen LogP contribution in [0.25, 0.3) is 10.2 Å². The van der Waals surface area contributed by atoms with E-state index >= 15 is 0 Å². The lowest BCUT2D eigenvalue weighted by Gasteiger charge is -2.36. The molecule has 2 N–H and O–H groups in total. The number of piperazine rings is 1. The molecule has 1 unspecified atom stereocenters. The van der Waals surface area contributed by atoms with Crippen LogP contribution in [-0.4, -0.2) is 60.2 Å². The van der Waals surface area contributed by atoms with Crippen molar-refractivity contribution in [3.05, 3.63) is 46.8 Å². The van der Waals surface area contributed by atoms with Crippen LogP contribution in [0.15, 0.2) is 35.7 Å². The van der Waals surface area contributed by atoms with Gasteiger partial charge in [0.05, 0.1) is 17.6 Å². The number of hydrogen-bond acceptors (Lipinski definition) is 8. The molecule has 0 aliphatic carbocycles. The Morgan fingerprint density at radius 3 is 2.65 bits per heavy atom. The summed E-state index contributed by atoms with van der Waals surface area (Å²) in [6.07, 6.45) is 1.13. The number of thiophene rings is 1. The number of anilines is 2. The molecule has 8 heteroatoms.